The van der Waals surface area contributed by atoms with Crippen molar-refractivity contribution in [2.24, 2.45) is 0 Å². The first-order valence-electron chi connectivity index (χ1n) is 7.92. The monoisotopic (exact) mass is 365 g/mol. The second-order valence-electron chi connectivity index (χ2n) is 5.66. The Labute approximate surface area is 156 Å². The molecule has 0 aliphatic rings. The Balaban J connectivity index is 1.68. The van der Waals surface area contributed by atoms with Gasteiger partial charge in [-0.3, -0.25) is 9.59 Å². The number of halogens is 1. The fraction of sp³-hybridized carbons (Fsp3) is 0.0500. The van der Waals surface area contributed by atoms with Gasteiger partial charge in [-0.25, -0.2) is 4.98 Å². The van der Waals surface area contributed by atoms with E-state index in [1.807, 2.05) is 12.1 Å². The quantitative estimate of drug-likeness (QED) is 0.628. The van der Waals surface area contributed by atoms with Gasteiger partial charge in [0.1, 0.15) is 5.69 Å². The number of hydrogen-bond donors (Lipinski definition) is 2. The lowest BCUT2D eigenvalue weighted by molar-refractivity contribution is 0.100. The third-order valence-electron chi connectivity index (χ3n) is 3.66. The fourth-order valence-corrected chi connectivity index (χ4v) is 2.44. The van der Waals surface area contributed by atoms with Crippen molar-refractivity contribution < 1.29 is 9.59 Å². The summed E-state index contributed by atoms with van der Waals surface area (Å²) < 4.78 is 0. The summed E-state index contributed by atoms with van der Waals surface area (Å²) in [5.74, 6) is -0.402. The first-order valence-corrected chi connectivity index (χ1v) is 8.30. The molecule has 0 spiro atoms. The van der Waals surface area contributed by atoms with E-state index in [4.69, 9.17) is 11.6 Å². The van der Waals surface area contributed by atoms with Crippen molar-refractivity contribution in [1.82, 2.24) is 4.98 Å². The second-order valence-corrected chi connectivity index (χ2v) is 6.09. The van der Waals surface area contributed by atoms with E-state index in [1.165, 1.54) is 6.92 Å². The number of nitrogens with zero attached hydrogens (tertiary/aromatic N) is 1. The summed E-state index contributed by atoms with van der Waals surface area (Å²) >= 11 is 5.86. The molecule has 0 aliphatic heterocycles. The van der Waals surface area contributed by atoms with Crippen molar-refractivity contribution >= 4 is 40.4 Å². The minimum Gasteiger partial charge on any atom is -0.354 e. The number of ketones is 1. The molecule has 0 saturated heterocycles. The highest BCUT2D eigenvalue weighted by molar-refractivity contribution is 6.30. The van der Waals surface area contributed by atoms with Crippen LogP contribution in [0.4, 0.5) is 17.1 Å². The number of benzene rings is 2. The lowest BCUT2D eigenvalue weighted by Crippen LogP contribution is -2.14. The molecule has 1 heterocycles. The molecule has 6 heteroatoms. The average molecular weight is 366 g/mol. The zero-order chi connectivity index (χ0) is 18.5. The predicted octanol–water partition coefficient (Wildman–Crippen LogP) is 4.93. The smallest absolute Gasteiger partial charge is 0.274 e. The summed E-state index contributed by atoms with van der Waals surface area (Å²) in [6.07, 6.45) is 1.58. The number of Topliss-reactive ketones (excluding diaryl/α,β-unsaturated/α-hetero) is 1. The minimum absolute atomic E-state index is 0.0585. The van der Waals surface area contributed by atoms with Crippen LogP contribution >= 0.6 is 11.6 Å². The van der Waals surface area contributed by atoms with Gasteiger partial charge in [0.05, 0.1) is 11.9 Å². The van der Waals surface area contributed by atoms with Crippen molar-refractivity contribution in [3.05, 3.63) is 83.1 Å². The van der Waals surface area contributed by atoms with E-state index in [0.29, 0.717) is 16.3 Å². The topological polar surface area (TPSA) is 71.1 Å². The highest BCUT2D eigenvalue weighted by Gasteiger charge is 2.09. The number of carbonyl (C=O) groups is 2. The van der Waals surface area contributed by atoms with Gasteiger partial charge in [0, 0.05) is 22.0 Å². The van der Waals surface area contributed by atoms with Crippen LogP contribution in [0, 0.1) is 0 Å². The number of nitrogens with one attached hydrogen (secondary N) is 2. The Bertz CT molecular complexity index is 938. The number of aromatic nitrogens is 1. The molecule has 0 aliphatic carbocycles. The van der Waals surface area contributed by atoms with Crippen LogP contribution in [-0.4, -0.2) is 16.7 Å². The number of rotatable bonds is 5. The van der Waals surface area contributed by atoms with Crippen LogP contribution in [0.5, 0.6) is 0 Å². The largest absolute Gasteiger partial charge is 0.354 e. The van der Waals surface area contributed by atoms with Gasteiger partial charge >= 0.3 is 0 Å². The third kappa shape index (κ3) is 4.46. The van der Waals surface area contributed by atoms with Crippen molar-refractivity contribution in [2.45, 2.75) is 6.92 Å². The Morgan fingerprint density at radius 3 is 2.31 bits per heavy atom. The maximum atomic E-state index is 12.3. The Kier molecular flexibility index (Phi) is 5.29. The van der Waals surface area contributed by atoms with E-state index in [1.54, 1.807) is 54.7 Å². The van der Waals surface area contributed by atoms with Crippen molar-refractivity contribution in [1.29, 1.82) is 0 Å². The molecule has 0 radical (unpaired) electrons. The molecule has 0 bridgehead atoms. The first-order chi connectivity index (χ1) is 12.5. The van der Waals surface area contributed by atoms with E-state index in [2.05, 4.69) is 15.6 Å². The van der Waals surface area contributed by atoms with Crippen LogP contribution in [0.3, 0.4) is 0 Å². The van der Waals surface area contributed by atoms with Crippen LogP contribution < -0.4 is 10.6 Å². The van der Waals surface area contributed by atoms with E-state index in [9.17, 15) is 9.59 Å². The molecule has 3 aromatic rings. The number of pyridine rings is 1. The maximum Gasteiger partial charge on any atom is 0.274 e. The molecule has 26 heavy (non-hydrogen) atoms. The Morgan fingerprint density at radius 1 is 0.923 bits per heavy atom. The van der Waals surface area contributed by atoms with E-state index in [-0.39, 0.29) is 17.4 Å². The van der Waals surface area contributed by atoms with Gasteiger partial charge in [-0.1, -0.05) is 23.7 Å². The first kappa shape index (κ1) is 17.6. The highest BCUT2D eigenvalue weighted by Crippen LogP contribution is 2.19. The third-order valence-corrected chi connectivity index (χ3v) is 3.91. The fourth-order valence-electron chi connectivity index (χ4n) is 2.31. The Morgan fingerprint density at radius 2 is 1.65 bits per heavy atom. The SMILES string of the molecule is CC(=O)c1cccc(NC(=O)c2ccc(Nc3ccc(Cl)cc3)cn2)c1. The van der Waals surface area contributed by atoms with Gasteiger partial charge in [-0.2, -0.15) is 0 Å². The molecule has 0 unspecified atom stereocenters. The summed E-state index contributed by atoms with van der Waals surface area (Å²) in [6, 6.07) is 17.5. The van der Waals surface area contributed by atoms with Gasteiger partial charge in [0.25, 0.3) is 5.91 Å². The van der Waals surface area contributed by atoms with Gasteiger partial charge in [-0.15, -0.1) is 0 Å². The van der Waals surface area contributed by atoms with Crippen molar-refractivity contribution in [3.8, 4) is 0 Å². The summed E-state index contributed by atoms with van der Waals surface area (Å²) in [6.45, 7) is 1.48. The van der Waals surface area contributed by atoms with E-state index in [0.717, 1.165) is 11.4 Å². The molecule has 2 aromatic carbocycles. The molecule has 0 atom stereocenters. The summed E-state index contributed by atoms with van der Waals surface area (Å²) in [5.41, 5.74) is 2.99. The van der Waals surface area contributed by atoms with Crippen molar-refractivity contribution in [3.63, 3.8) is 0 Å². The zero-order valence-corrected chi connectivity index (χ0v) is 14.7. The molecule has 0 fully saturated rings. The van der Waals surface area contributed by atoms with Crippen LogP contribution in [0.2, 0.25) is 5.02 Å². The van der Waals surface area contributed by atoms with Crippen LogP contribution in [0.15, 0.2) is 66.9 Å². The molecular formula is C20H16ClN3O2. The lowest BCUT2D eigenvalue weighted by atomic mass is 10.1. The maximum absolute atomic E-state index is 12.3. The standard InChI is InChI=1S/C20H16ClN3O2/c1-13(25)14-3-2-4-17(11-14)24-20(26)19-10-9-18(12-22-19)23-16-7-5-15(21)6-8-16/h2-12,23H,1H3,(H,24,26). The summed E-state index contributed by atoms with van der Waals surface area (Å²) in [7, 11) is 0. The lowest BCUT2D eigenvalue weighted by Gasteiger charge is -2.08. The van der Waals surface area contributed by atoms with E-state index < -0.39 is 0 Å². The number of carbonyl (C=O) groups excluding carboxylic acids is 2. The molecule has 1 amide bonds. The number of anilines is 3. The molecule has 0 saturated carbocycles. The predicted molar refractivity (Wildman–Crippen MR) is 103 cm³/mol. The van der Waals surface area contributed by atoms with Crippen LogP contribution in [0.25, 0.3) is 0 Å². The summed E-state index contributed by atoms with van der Waals surface area (Å²) in [5, 5.41) is 6.58. The van der Waals surface area contributed by atoms with Gasteiger partial charge < -0.3 is 10.6 Å². The molecule has 130 valence electrons. The Hall–Kier alpha value is -3.18. The average Bonchev–Trinajstić information content (AvgIpc) is 2.64. The molecule has 1 aromatic heterocycles. The van der Waals surface area contributed by atoms with Gasteiger partial charge in [0.15, 0.2) is 5.78 Å². The normalized spacial score (nSPS) is 10.2. The van der Waals surface area contributed by atoms with Gasteiger partial charge in [-0.05, 0) is 55.5 Å². The summed E-state index contributed by atoms with van der Waals surface area (Å²) in [4.78, 5) is 27.9. The van der Waals surface area contributed by atoms with Crippen LogP contribution in [-0.2, 0) is 0 Å². The van der Waals surface area contributed by atoms with Crippen LogP contribution in [0.1, 0.15) is 27.8 Å². The highest BCUT2D eigenvalue weighted by atomic mass is 35.5. The second kappa shape index (κ2) is 7.80. The number of amides is 1. The molecule has 5 nitrogen and oxygen atoms in total. The number of hydrogen-bond acceptors (Lipinski definition) is 4. The zero-order valence-electron chi connectivity index (χ0n) is 14.0. The van der Waals surface area contributed by atoms with Crippen molar-refractivity contribution in [2.75, 3.05) is 10.6 Å². The van der Waals surface area contributed by atoms with E-state index >= 15 is 0 Å². The molecule has 2 N–H and O–H groups in total. The van der Waals surface area contributed by atoms with Gasteiger partial charge in [0.2, 0.25) is 0 Å². The molecule has 3 rings (SSSR count). The minimum atomic E-state index is -0.344. The molecular weight excluding hydrogens is 350 g/mol.